The molecule has 2 aliphatic rings. The summed E-state index contributed by atoms with van der Waals surface area (Å²) in [5, 5.41) is 0. The molecule has 4 unspecified atom stereocenters. The second-order valence-corrected chi connectivity index (χ2v) is 6.57. The van der Waals surface area contributed by atoms with Crippen molar-refractivity contribution in [1.82, 2.24) is 4.90 Å². The summed E-state index contributed by atoms with van der Waals surface area (Å²) in [6.45, 7) is 5.05. The lowest BCUT2D eigenvalue weighted by Gasteiger charge is -2.35. The van der Waals surface area contributed by atoms with E-state index in [4.69, 9.17) is 4.74 Å². The van der Waals surface area contributed by atoms with Crippen molar-refractivity contribution in [2.24, 2.45) is 5.92 Å². The van der Waals surface area contributed by atoms with Crippen LogP contribution >= 0.6 is 0 Å². The fraction of sp³-hybridized carbons (Fsp3) is 0.588. The molecule has 0 N–H and O–H groups in total. The molecule has 3 nitrogen and oxygen atoms in total. The molecule has 2 fully saturated rings. The van der Waals surface area contributed by atoms with Crippen molar-refractivity contribution < 1.29 is 22.7 Å². The molecule has 1 aliphatic heterocycles. The van der Waals surface area contributed by atoms with E-state index >= 15 is 0 Å². The third-order valence-corrected chi connectivity index (χ3v) is 4.51. The number of benzene rings is 1. The Bertz CT molecular complexity index is 574. The zero-order valence-electron chi connectivity index (χ0n) is 13.1. The number of rotatable bonds is 2. The van der Waals surface area contributed by atoms with Crippen molar-refractivity contribution in [3.05, 3.63) is 35.4 Å². The Hall–Kier alpha value is -1.56. The molecule has 126 valence electrons. The van der Waals surface area contributed by atoms with Crippen LogP contribution in [0.15, 0.2) is 24.3 Å². The first-order chi connectivity index (χ1) is 10.8. The highest BCUT2D eigenvalue weighted by molar-refractivity contribution is 5.83. The van der Waals surface area contributed by atoms with Gasteiger partial charge in [-0.3, -0.25) is 4.79 Å². The Morgan fingerprint density at radius 2 is 1.70 bits per heavy atom. The molecule has 1 saturated heterocycles. The van der Waals surface area contributed by atoms with Crippen LogP contribution in [0.2, 0.25) is 0 Å². The lowest BCUT2D eigenvalue weighted by atomic mass is 10.1. The third kappa shape index (κ3) is 3.52. The predicted molar refractivity (Wildman–Crippen MR) is 78.9 cm³/mol. The van der Waals surface area contributed by atoms with E-state index in [1.807, 2.05) is 18.7 Å². The summed E-state index contributed by atoms with van der Waals surface area (Å²) in [5.41, 5.74) is 0.159. The van der Waals surface area contributed by atoms with Crippen molar-refractivity contribution in [3.8, 4) is 0 Å². The van der Waals surface area contributed by atoms with Gasteiger partial charge in [0.1, 0.15) is 0 Å². The van der Waals surface area contributed by atoms with Gasteiger partial charge in [0.2, 0.25) is 5.91 Å². The van der Waals surface area contributed by atoms with Crippen LogP contribution in [-0.4, -0.2) is 36.1 Å². The van der Waals surface area contributed by atoms with Gasteiger partial charge < -0.3 is 9.64 Å². The molecule has 1 saturated carbocycles. The van der Waals surface area contributed by atoms with Gasteiger partial charge in [-0.1, -0.05) is 12.1 Å². The van der Waals surface area contributed by atoms with Crippen LogP contribution in [0.25, 0.3) is 0 Å². The molecule has 0 radical (unpaired) electrons. The molecule has 0 bridgehead atoms. The van der Waals surface area contributed by atoms with Gasteiger partial charge in [-0.2, -0.15) is 13.2 Å². The molecule has 6 heteroatoms. The monoisotopic (exact) mass is 327 g/mol. The zero-order chi connectivity index (χ0) is 16.8. The summed E-state index contributed by atoms with van der Waals surface area (Å²) in [4.78, 5) is 14.4. The smallest absolute Gasteiger partial charge is 0.372 e. The maximum atomic E-state index is 12.6. The quantitative estimate of drug-likeness (QED) is 0.833. The Balaban J connectivity index is 1.64. The van der Waals surface area contributed by atoms with Crippen LogP contribution in [0, 0.1) is 5.92 Å². The van der Waals surface area contributed by atoms with E-state index in [0.29, 0.717) is 19.5 Å². The summed E-state index contributed by atoms with van der Waals surface area (Å²) in [7, 11) is 0. The van der Waals surface area contributed by atoms with Gasteiger partial charge in [-0.05, 0) is 43.9 Å². The van der Waals surface area contributed by atoms with E-state index in [2.05, 4.69) is 0 Å². The number of halogens is 3. The maximum Gasteiger partial charge on any atom is 0.416 e. The first-order valence-corrected chi connectivity index (χ1v) is 7.87. The van der Waals surface area contributed by atoms with Crippen LogP contribution in [0.4, 0.5) is 13.2 Å². The predicted octanol–water partition coefficient (Wildman–Crippen LogP) is 3.44. The first-order valence-electron chi connectivity index (χ1n) is 7.87. The van der Waals surface area contributed by atoms with Crippen LogP contribution in [0.1, 0.15) is 37.3 Å². The van der Waals surface area contributed by atoms with Gasteiger partial charge in [0.15, 0.2) is 0 Å². The molecule has 0 aromatic heterocycles. The summed E-state index contributed by atoms with van der Waals surface area (Å²) < 4.78 is 43.4. The fourth-order valence-corrected chi connectivity index (χ4v) is 3.35. The second kappa shape index (κ2) is 5.82. The maximum absolute atomic E-state index is 12.6. The largest absolute Gasteiger partial charge is 0.416 e. The van der Waals surface area contributed by atoms with E-state index in [-0.39, 0.29) is 30.0 Å². The molecule has 1 aromatic rings. The highest BCUT2D eigenvalue weighted by atomic mass is 19.4. The first kappa shape index (κ1) is 16.3. The average Bonchev–Trinajstić information content (AvgIpc) is 3.25. The highest BCUT2D eigenvalue weighted by Gasteiger charge is 2.46. The van der Waals surface area contributed by atoms with Crippen LogP contribution in [-0.2, 0) is 15.7 Å². The average molecular weight is 327 g/mol. The Morgan fingerprint density at radius 1 is 1.13 bits per heavy atom. The van der Waals surface area contributed by atoms with Crippen molar-refractivity contribution in [2.75, 3.05) is 13.1 Å². The molecule has 3 rings (SSSR count). The molecule has 1 amide bonds. The van der Waals surface area contributed by atoms with Gasteiger partial charge in [-0.25, -0.2) is 0 Å². The minimum atomic E-state index is -4.32. The van der Waals surface area contributed by atoms with E-state index < -0.39 is 11.7 Å². The normalized spacial score (nSPS) is 31.1. The standard InChI is InChI=1S/C17H20F3NO2/c1-10-8-21(9-11(2)23-10)16(22)15-7-14(15)12-3-5-13(6-4-12)17(18,19)20/h3-6,10-11,14-15H,7-9H2,1-2H3. The van der Waals surface area contributed by atoms with Gasteiger partial charge in [0.25, 0.3) is 0 Å². The van der Waals surface area contributed by atoms with E-state index in [1.54, 1.807) is 0 Å². The van der Waals surface area contributed by atoms with Gasteiger partial charge >= 0.3 is 6.18 Å². The lowest BCUT2D eigenvalue weighted by molar-refractivity contribution is -0.144. The van der Waals surface area contributed by atoms with Crippen molar-refractivity contribution >= 4 is 5.91 Å². The summed E-state index contributed by atoms with van der Waals surface area (Å²) in [5.74, 6) is 0.0272. The summed E-state index contributed by atoms with van der Waals surface area (Å²) in [6.07, 6.45) is -3.57. The number of morpholine rings is 1. The van der Waals surface area contributed by atoms with Crippen LogP contribution < -0.4 is 0 Å². The van der Waals surface area contributed by atoms with Crippen molar-refractivity contribution in [3.63, 3.8) is 0 Å². The number of hydrogen-bond donors (Lipinski definition) is 0. The molecule has 4 atom stereocenters. The van der Waals surface area contributed by atoms with E-state index in [1.165, 1.54) is 12.1 Å². The second-order valence-electron chi connectivity index (χ2n) is 6.57. The molecular formula is C17H20F3NO2. The number of hydrogen-bond acceptors (Lipinski definition) is 2. The molecular weight excluding hydrogens is 307 g/mol. The van der Waals surface area contributed by atoms with E-state index in [9.17, 15) is 18.0 Å². The number of ether oxygens (including phenoxy) is 1. The Morgan fingerprint density at radius 3 is 2.22 bits per heavy atom. The number of amides is 1. The Kier molecular flexibility index (Phi) is 4.12. The fourth-order valence-electron chi connectivity index (χ4n) is 3.35. The minimum Gasteiger partial charge on any atom is -0.372 e. The molecule has 23 heavy (non-hydrogen) atoms. The molecule has 1 aromatic carbocycles. The molecule has 0 spiro atoms. The molecule has 1 heterocycles. The van der Waals surface area contributed by atoms with Crippen molar-refractivity contribution in [1.29, 1.82) is 0 Å². The number of nitrogens with zero attached hydrogens (tertiary/aromatic N) is 1. The van der Waals surface area contributed by atoms with Gasteiger partial charge in [-0.15, -0.1) is 0 Å². The topological polar surface area (TPSA) is 29.5 Å². The van der Waals surface area contributed by atoms with Crippen LogP contribution in [0.5, 0.6) is 0 Å². The highest BCUT2D eigenvalue weighted by Crippen LogP contribution is 2.49. The van der Waals surface area contributed by atoms with Crippen molar-refractivity contribution in [2.45, 2.75) is 44.6 Å². The summed E-state index contributed by atoms with van der Waals surface area (Å²) >= 11 is 0. The van der Waals surface area contributed by atoms with E-state index in [0.717, 1.165) is 17.7 Å². The number of carbonyl (C=O) groups excluding carboxylic acids is 1. The third-order valence-electron chi connectivity index (χ3n) is 4.51. The minimum absolute atomic E-state index is 0.0194. The molecule has 1 aliphatic carbocycles. The van der Waals surface area contributed by atoms with Gasteiger partial charge in [0, 0.05) is 19.0 Å². The van der Waals surface area contributed by atoms with Crippen LogP contribution in [0.3, 0.4) is 0 Å². The lowest BCUT2D eigenvalue weighted by Crippen LogP contribution is -2.48. The SMILES string of the molecule is CC1CN(C(=O)C2CC2c2ccc(C(F)(F)F)cc2)CC(C)O1. The number of carbonyl (C=O) groups is 1. The Labute approximate surface area is 133 Å². The summed E-state index contributed by atoms with van der Waals surface area (Å²) in [6, 6.07) is 5.17. The van der Waals surface area contributed by atoms with Gasteiger partial charge in [0.05, 0.1) is 17.8 Å². The zero-order valence-corrected chi connectivity index (χ0v) is 13.1. The number of alkyl halides is 3.